The maximum absolute atomic E-state index is 3.55. The van der Waals surface area contributed by atoms with Crippen molar-refractivity contribution in [3.63, 3.8) is 0 Å². The monoisotopic (exact) mass is 248 g/mol. The fourth-order valence-corrected chi connectivity index (χ4v) is 2.26. The van der Waals surface area contributed by atoms with Crippen molar-refractivity contribution in [2.45, 2.75) is 46.7 Å². The molecule has 0 aliphatic heterocycles. The summed E-state index contributed by atoms with van der Waals surface area (Å²) in [6.07, 6.45) is 0. The Balaban J connectivity index is 3.02. The van der Waals surface area contributed by atoms with Crippen molar-refractivity contribution in [1.82, 2.24) is 10.2 Å². The minimum absolute atomic E-state index is 0.437. The molecule has 2 nitrogen and oxygen atoms in total. The number of rotatable bonds is 5. The molecule has 1 aromatic rings. The largest absolute Gasteiger partial charge is 0.313 e. The fourth-order valence-electron chi connectivity index (χ4n) is 2.26. The van der Waals surface area contributed by atoms with Crippen LogP contribution >= 0.6 is 0 Å². The van der Waals surface area contributed by atoms with Crippen LogP contribution in [0.3, 0.4) is 0 Å². The van der Waals surface area contributed by atoms with Gasteiger partial charge >= 0.3 is 0 Å². The molecule has 1 unspecified atom stereocenters. The van der Waals surface area contributed by atoms with E-state index in [4.69, 9.17) is 0 Å². The van der Waals surface area contributed by atoms with Crippen molar-refractivity contribution >= 4 is 0 Å². The normalized spacial score (nSPS) is 13.4. The number of hydrogen-bond acceptors (Lipinski definition) is 2. The Morgan fingerprint density at radius 3 is 2.06 bits per heavy atom. The highest BCUT2D eigenvalue weighted by Gasteiger charge is 2.17. The zero-order chi connectivity index (χ0) is 13.9. The highest BCUT2D eigenvalue weighted by Crippen LogP contribution is 2.24. The van der Waals surface area contributed by atoms with Gasteiger partial charge in [0.25, 0.3) is 0 Å². The summed E-state index contributed by atoms with van der Waals surface area (Å²) in [5.74, 6) is 0. The van der Waals surface area contributed by atoms with Gasteiger partial charge in [0, 0.05) is 18.6 Å². The lowest BCUT2D eigenvalue weighted by Gasteiger charge is -2.28. The molecule has 0 saturated heterocycles. The molecule has 0 aromatic heterocycles. The molecule has 0 bridgehead atoms. The number of nitrogens with zero attached hydrogens (tertiary/aromatic N) is 1. The van der Waals surface area contributed by atoms with Gasteiger partial charge in [-0.05, 0) is 57.1 Å². The third kappa shape index (κ3) is 3.82. The minimum Gasteiger partial charge on any atom is -0.313 e. The van der Waals surface area contributed by atoms with Crippen molar-refractivity contribution in [3.8, 4) is 0 Å². The maximum atomic E-state index is 3.55. The molecule has 2 heteroatoms. The highest BCUT2D eigenvalue weighted by molar-refractivity contribution is 5.38. The first-order valence-electron chi connectivity index (χ1n) is 6.80. The summed E-state index contributed by atoms with van der Waals surface area (Å²) in [5, 5.41) is 3.55. The summed E-state index contributed by atoms with van der Waals surface area (Å²) >= 11 is 0. The molecule has 1 aromatic carbocycles. The van der Waals surface area contributed by atoms with Crippen LogP contribution in [0.2, 0.25) is 0 Å². The number of benzene rings is 1. The first-order chi connectivity index (χ1) is 8.32. The average Bonchev–Trinajstić information content (AvgIpc) is 2.24. The van der Waals surface area contributed by atoms with E-state index in [1.165, 1.54) is 22.3 Å². The van der Waals surface area contributed by atoms with E-state index in [1.54, 1.807) is 0 Å². The maximum Gasteiger partial charge on any atom is 0.0469 e. The molecule has 1 atom stereocenters. The Hall–Kier alpha value is -0.860. The van der Waals surface area contributed by atoms with E-state index in [-0.39, 0.29) is 0 Å². The van der Waals surface area contributed by atoms with Gasteiger partial charge in [-0.2, -0.15) is 0 Å². The molecule has 0 heterocycles. The van der Waals surface area contributed by atoms with Crippen LogP contribution in [0.4, 0.5) is 0 Å². The highest BCUT2D eigenvalue weighted by atomic mass is 15.1. The van der Waals surface area contributed by atoms with Gasteiger partial charge in [0.1, 0.15) is 0 Å². The summed E-state index contributed by atoms with van der Waals surface area (Å²) in [6, 6.07) is 5.61. The third-order valence-electron chi connectivity index (χ3n) is 3.58. The third-order valence-corrected chi connectivity index (χ3v) is 3.58. The van der Waals surface area contributed by atoms with E-state index < -0.39 is 0 Å². The molecular weight excluding hydrogens is 220 g/mol. The van der Waals surface area contributed by atoms with Crippen molar-refractivity contribution in [2.75, 3.05) is 20.6 Å². The van der Waals surface area contributed by atoms with Gasteiger partial charge in [-0.15, -0.1) is 0 Å². The van der Waals surface area contributed by atoms with E-state index in [2.05, 4.69) is 71.1 Å². The van der Waals surface area contributed by atoms with E-state index in [1.807, 2.05) is 0 Å². The summed E-state index contributed by atoms with van der Waals surface area (Å²) in [6.45, 7) is 12.0. The quantitative estimate of drug-likeness (QED) is 0.861. The molecule has 102 valence electrons. The Labute approximate surface area is 112 Å². The topological polar surface area (TPSA) is 15.3 Å². The van der Waals surface area contributed by atoms with Gasteiger partial charge < -0.3 is 10.2 Å². The van der Waals surface area contributed by atoms with E-state index in [0.717, 1.165) is 6.54 Å². The number of aryl methyl sites for hydroxylation is 3. The van der Waals surface area contributed by atoms with Crippen LogP contribution in [0.5, 0.6) is 0 Å². The summed E-state index contributed by atoms with van der Waals surface area (Å²) in [5.41, 5.74) is 5.59. The lowest BCUT2D eigenvalue weighted by molar-refractivity contribution is 0.282. The smallest absolute Gasteiger partial charge is 0.0469 e. The first-order valence-corrected chi connectivity index (χ1v) is 6.80. The van der Waals surface area contributed by atoms with Crippen LogP contribution in [0.1, 0.15) is 42.1 Å². The van der Waals surface area contributed by atoms with Crippen LogP contribution in [0.25, 0.3) is 0 Å². The Morgan fingerprint density at radius 2 is 1.56 bits per heavy atom. The molecule has 0 aliphatic rings. The second-order valence-electron chi connectivity index (χ2n) is 5.84. The Bertz CT molecular complexity index is 394. The summed E-state index contributed by atoms with van der Waals surface area (Å²) in [4.78, 5) is 2.30. The first kappa shape index (κ1) is 15.2. The minimum atomic E-state index is 0.437. The van der Waals surface area contributed by atoms with Crippen LogP contribution in [-0.4, -0.2) is 31.6 Å². The number of likely N-dealkylation sites (N-methyl/N-ethyl adjacent to an activating group) is 1. The zero-order valence-corrected chi connectivity index (χ0v) is 13.0. The SMILES string of the molecule is Cc1cc(C)c(C(CNC(C)C)N(C)C)cc1C. The molecule has 18 heavy (non-hydrogen) atoms. The molecule has 0 radical (unpaired) electrons. The summed E-state index contributed by atoms with van der Waals surface area (Å²) in [7, 11) is 4.31. The predicted molar refractivity (Wildman–Crippen MR) is 80.2 cm³/mol. The second-order valence-corrected chi connectivity index (χ2v) is 5.84. The van der Waals surface area contributed by atoms with Gasteiger partial charge in [0.2, 0.25) is 0 Å². The van der Waals surface area contributed by atoms with Crippen LogP contribution < -0.4 is 5.32 Å². The molecule has 0 amide bonds. The molecule has 1 N–H and O–H groups in total. The Kier molecular flexibility index (Phi) is 5.36. The number of hydrogen-bond donors (Lipinski definition) is 1. The summed E-state index contributed by atoms with van der Waals surface area (Å²) < 4.78 is 0. The zero-order valence-electron chi connectivity index (χ0n) is 13.0. The number of nitrogens with one attached hydrogen (secondary N) is 1. The van der Waals surface area contributed by atoms with E-state index in [9.17, 15) is 0 Å². The molecule has 0 fully saturated rings. The predicted octanol–water partition coefficient (Wildman–Crippen LogP) is 3.21. The van der Waals surface area contributed by atoms with Gasteiger partial charge in [-0.3, -0.25) is 0 Å². The average molecular weight is 248 g/mol. The lowest BCUT2D eigenvalue weighted by Crippen LogP contribution is -2.34. The van der Waals surface area contributed by atoms with Crippen LogP contribution in [0.15, 0.2) is 12.1 Å². The van der Waals surface area contributed by atoms with Crippen LogP contribution in [-0.2, 0) is 0 Å². The van der Waals surface area contributed by atoms with Gasteiger partial charge in [-0.25, -0.2) is 0 Å². The standard InChI is InChI=1S/C16H28N2/c1-11(2)17-10-16(18(6)7)15-9-13(4)12(3)8-14(15)5/h8-9,11,16-17H,10H2,1-7H3. The molecule has 0 aliphatic carbocycles. The van der Waals surface area contributed by atoms with Crippen molar-refractivity contribution in [3.05, 3.63) is 34.4 Å². The second kappa shape index (κ2) is 6.35. The van der Waals surface area contributed by atoms with Crippen molar-refractivity contribution < 1.29 is 0 Å². The Morgan fingerprint density at radius 1 is 1.00 bits per heavy atom. The molecular formula is C16H28N2. The van der Waals surface area contributed by atoms with Gasteiger partial charge in [-0.1, -0.05) is 26.0 Å². The van der Waals surface area contributed by atoms with Gasteiger partial charge in [0.15, 0.2) is 0 Å². The van der Waals surface area contributed by atoms with E-state index in [0.29, 0.717) is 12.1 Å². The molecule has 0 spiro atoms. The van der Waals surface area contributed by atoms with Crippen LogP contribution in [0, 0.1) is 20.8 Å². The molecule has 1 rings (SSSR count). The van der Waals surface area contributed by atoms with Crippen molar-refractivity contribution in [1.29, 1.82) is 0 Å². The lowest BCUT2D eigenvalue weighted by atomic mass is 9.95. The van der Waals surface area contributed by atoms with Gasteiger partial charge in [0.05, 0.1) is 0 Å². The van der Waals surface area contributed by atoms with Crippen molar-refractivity contribution in [2.24, 2.45) is 0 Å². The fraction of sp³-hybridized carbons (Fsp3) is 0.625. The molecule has 0 saturated carbocycles. The van der Waals surface area contributed by atoms with E-state index >= 15 is 0 Å².